The SMILES string of the molecule is Clc1ccc(/C=N\Nc2cc(N3CCCCCC3)nc(N3CCCCCC3)n2)cc1. The van der Waals surface area contributed by atoms with Crippen molar-refractivity contribution >= 4 is 35.4 Å². The molecule has 4 rings (SSSR count). The molecule has 2 aromatic rings. The Morgan fingerprint density at radius 2 is 1.40 bits per heavy atom. The van der Waals surface area contributed by atoms with Crippen LogP contribution >= 0.6 is 11.6 Å². The molecule has 2 aliphatic rings. The molecular formula is C23H31ClN6. The number of rotatable bonds is 5. The van der Waals surface area contributed by atoms with Gasteiger partial charge in [-0.1, -0.05) is 49.4 Å². The third-order valence-corrected chi connectivity index (χ3v) is 6.03. The number of aromatic nitrogens is 2. The zero-order chi connectivity index (χ0) is 20.6. The number of hydrogen-bond acceptors (Lipinski definition) is 6. The summed E-state index contributed by atoms with van der Waals surface area (Å²) < 4.78 is 0. The molecule has 2 aliphatic heterocycles. The summed E-state index contributed by atoms with van der Waals surface area (Å²) in [5.74, 6) is 2.58. The molecular weight excluding hydrogens is 396 g/mol. The van der Waals surface area contributed by atoms with Gasteiger partial charge in [0.15, 0.2) is 5.82 Å². The maximum absolute atomic E-state index is 5.96. The van der Waals surface area contributed by atoms with Crippen molar-refractivity contribution in [2.45, 2.75) is 51.4 Å². The molecule has 1 aromatic heterocycles. The van der Waals surface area contributed by atoms with Gasteiger partial charge in [0, 0.05) is 37.3 Å². The molecule has 160 valence electrons. The van der Waals surface area contributed by atoms with E-state index in [0.29, 0.717) is 0 Å². The number of hydrogen-bond donors (Lipinski definition) is 1. The van der Waals surface area contributed by atoms with Gasteiger partial charge in [-0.3, -0.25) is 5.43 Å². The summed E-state index contributed by atoms with van der Waals surface area (Å²) in [6, 6.07) is 9.65. The van der Waals surface area contributed by atoms with Crippen LogP contribution in [0.4, 0.5) is 17.6 Å². The fraction of sp³-hybridized carbons (Fsp3) is 0.522. The van der Waals surface area contributed by atoms with Crippen LogP contribution in [0.15, 0.2) is 35.4 Å². The summed E-state index contributed by atoms with van der Waals surface area (Å²) in [4.78, 5) is 14.5. The number of anilines is 3. The first-order valence-electron chi connectivity index (χ1n) is 11.2. The van der Waals surface area contributed by atoms with Crippen molar-refractivity contribution < 1.29 is 0 Å². The Morgan fingerprint density at radius 1 is 0.800 bits per heavy atom. The molecule has 0 bridgehead atoms. The summed E-state index contributed by atoms with van der Waals surface area (Å²) in [6.07, 6.45) is 11.8. The maximum Gasteiger partial charge on any atom is 0.229 e. The van der Waals surface area contributed by atoms with Gasteiger partial charge >= 0.3 is 0 Å². The molecule has 1 aromatic carbocycles. The predicted octanol–water partition coefficient (Wildman–Crippen LogP) is 5.34. The standard InChI is InChI=1S/C23H31ClN6/c24-20-11-9-19(10-12-20)18-25-28-21-17-22(29-13-5-1-2-6-14-29)27-23(26-21)30-15-7-3-4-8-16-30/h9-12,17-18H,1-8,13-16H2,(H,26,27,28)/b25-18-. The van der Waals surface area contributed by atoms with E-state index in [9.17, 15) is 0 Å². The number of hydrazone groups is 1. The average Bonchev–Trinajstić information content (AvgIpc) is 3.21. The molecule has 2 fully saturated rings. The quantitative estimate of drug-likeness (QED) is 0.516. The van der Waals surface area contributed by atoms with Crippen molar-refractivity contribution in [2.75, 3.05) is 41.4 Å². The highest BCUT2D eigenvalue weighted by atomic mass is 35.5. The first-order valence-corrected chi connectivity index (χ1v) is 11.6. The van der Waals surface area contributed by atoms with Crippen molar-refractivity contribution in [1.29, 1.82) is 0 Å². The van der Waals surface area contributed by atoms with E-state index in [-0.39, 0.29) is 0 Å². The van der Waals surface area contributed by atoms with Gasteiger partial charge in [0.25, 0.3) is 0 Å². The number of halogens is 1. The molecule has 3 heterocycles. The zero-order valence-corrected chi connectivity index (χ0v) is 18.3. The second-order valence-corrected chi connectivity index (χ2v) is 8.57. The van der Waals surface area contributed by atoms with E-state index >= 15 is 0 Å². The van der Waals surface area contributed by atoms with Crippen LogP contribution in [-0.4, -0.2) is 42.4 Å². The van der Waals surface area contributed by atoms with Gasteiger partial charge in [-0.25, -0.2) is 0 Å². The van der Waals surface area contributed by atoms with Crippen molar-refractivity contribution in [2.24, 2.45) is 5.10 Å². The Kier molecular flexibility index (Phi) is 7.40. The third kappa shape index (κ3) is 5.85. The van der Waals surface area contributed by atoms with Crippen molar-refractivity contribution in [1.82, 2.24) is 9.97 Å². The summed E-state index contributed by atoms with van der Waals surface area (Å²) in [5.41, 5.74) is 4.12. The molecule has 2 saturated heterocycles. The summed E-state index contributed by atoms with van der Waals surface area (Å²) in [6.45, 7) is 4.17. The van der Waals surface area contributed by atoms with Crippen LogP contribution < -0.4 is 15.2 Å². The summed E-state index contributed by atoms with van der Waals surface area (Å²) >= 11 is 5.96. The lowest BCUT2D eigenvalue weighted by molar-refractivity contribution is 0.726. The smallest absolute Gasteiger partial charge is 0.229 e. The molecule has 7 heteroatoms. The van der Waals surface area contributed by atoms with E-state index < -0.39 is 0 Å². The molecule has 1 N–H and O–H groups in total. The fourth-order valence-corrected chi connectivity index (χ4v) is 4.20. The monoisotopic (exact) mass is 426 g/mol. The summed E-state index contributed by atoms with van der Waals surface area (Å²) in [7, 11) is 0. The van der Waals surface area contributed by atoms with Gasteiger partial charge in [-0.05, 0) is 43.4 Å². The number of nitrogens with zero attached hydrogens (tertiary/aromatic N) is 5. The van der Waals surface area contributed by atoms with Crippen LogP contribution in [-0.2, 0) is 0 Å². The highest BCUT2D eigenvalue weighted by Gasteiger charge is 2.18. The van der Waals surface area contributed by atoms with Gasteiger partial charge < -0.3 is 9.80 Å². The van der Waals surface area contributed by atoms with Crippen LogP contribution in [0.2, 0.25) is 5.02 Å². The van der Waals surface area contributed by atoms with Gasteiger partial charge in [0.05, 0.1) is 6.21 Å². The summed E-state index contributed by atoms with van der Waals surface area (Å²) in [5, 5.41) is 5.13. The molecule has 6 nitrogen and oxygen atoms in total. The van der Waals surface area contributed by atoms with Crippen LogP contribution in [0.1, 0.15) is 56.9 Å². The van der Waals surface area contributed by atoms with E-state index in [0.717, 1.165) is 54.3 Å². The Morgan fingerprint density at radius 3 is 2.03 bits per heavy atom. The Hall–Kier alpha value is -2.34. The lowest BCUT2D eigenvalue weighted by atomic mass is 10.2. The van der Waals surface area contributed by atoms with Crippen LogP contribution in [0.25, 0.3) is 0 Å². The molecule has 30 heavy (non-hydrogen) atoms. The van der Waals surface area contributed by atoms with Crippen molar-refractivity contribution in [3.8, 4) is 0 Å². The molecule has 0 unspecified atom stereocenters. The largest absolute Gasteiger partial charge is 0.356 e. The van der Waals surface area contributed by atoms with Gasteiger partial charge in [-0.2, -0.15) is 15.1 Å². The lowest BCUT2D eigenvalue weighted by Gasteiger charge is -2.25. The minimum absolute atomic E-state index is 0.722. The fourth-order valence-electron chi connectivity index (χ4n) is 4.07. The lowest BCUT2D eigenvalue weighted by Crippen LogP contribution is -2.29. The van der Waals surface area contributed by atoms with Crippen molar-refractivity contribution in [3.63, 3.8) is 0 Å². The molecule has 0 amide bonds. The molecule has 0 saturated carbocycles. The third-order valence-electron chi connectivity index (χ3n) is 5.78. The Labute approximate surface area is 184 Å². The minimum Gasteiger partial charge on any atom is -0.356 e. The van der Waals surface area contributed by atoms with E-state index in [4.69, 9.17) is 21.6 Å². The average molecular weight is 427 g/mol. The first kappa shape index (κ1) is 20.9. The second kappa shape index (κ2) is 10.6. The normalized spacial score (nSPS) is 18.3. The number of nitrogens with one attached hydrogen (secondary N) is 1. The Bertz CT molecular complexity index is 784. The van der Waals surface area contributed by atoms with Crippen LogP contribution in [0.5, 0.6) is 0 Å². The Balaban J connectivity index is 1.56. The minimum atomic E-state index is 0.722. The van der Waals surface area contributed by atoms with E-state index in [1.807, 2.05) is 30.3 Å². The van der Waals surface area contributed by atoms with E-state index in [1.165, 1.54) is 51.4 Å². The first-order chi connectivity index (χ1) is 14.8. The molecule has 0 radical (unpaired) electrons. The molecule has 0 aliphatic carbocycles. The topological polar surface area (TPSA) is 56.7 Å². The van der Waals surface area contributed by atoms with Gasteiger partial charge in [-0.15, -0.1) is 0 Å². The maximum atomic E-state index is 5.96. The highest BCUT2D eigenvalue weighted by Crippen LogP contribution is 2.25. The predicted molar refractivity (Wildman–Crippen MR) is 126 cm³/mol. The van der Waals surface area contributed by atoms with Gasteiger partial charge in [0.2, 0.25) is 5.95 Å². The van der Waals surface area contributed by atoms with Crippen LogP contribution in [0.3, 0.4) is 0 Å². The molecule has 0 spiro atoms. The van der Waals surface area contributed by atoms with Gasteiger partial charge in [0.1, 0.15) is 5.82 Å². The van der Waals surface area contributed by atoms with Crippen LogP contribution in [0, 0.1) is 0 Å². The second-order valence-electron chi connectivity index (χ2n) is 8.14. The molecule has 0 atom stereocenters. The zero-order valence-electron chi connectivity index (χ0n) is 17.6. The van der Waals surface area contributed by atoms with E-state index in [1.54, 1.807) is 6.21 Å². The number of benzene rings is 1. The highest BCUT2D eigenvalue weighted by molar-refractivity contribution is 6.30. The van der Waals surface area contributed by atoms with Crippen molar-refractivity contribution in [3.05, 3.63) is 40.9 Å². The van der Waals surface area contributed by atoms with E-state index in [2.05, 4.69) is 20.3 Å².